The maximum absolute atomic E-state index is 12.0. The molecule has 0 saturated heterocycles. The first-order valence-electron chi connectivity index (χ1n) is 5.61. The van der Waals surface area contributed by atoms with Crippen molar-refractivity contribution in [3.8, 4) is 0 Å². The zero-order valence-electron chi connectivity index (χ0n) is 8.71. The van der Waals surface area contributed by atoms with E-state index in [0.29, 0.717) is 11.8 Å². The molecule has 0 heterocycles. The fourth-order valence-corrected chi connectivity index (χ4v) is 3.13. The van der Waals surface area contributed by atoms with Crippen molar-refractivity contribution >= 4 is 21.8 Å². The number of carbonyl (C=O) groups is 1. The van der Waals surface area contributed by atoms with Crippen LogP contribution in [-0.4, -0.2) is 29.2 Å². The molecule has 0 aromatic heterocycles. The van der Waals surface area contributed by atoms with Crippen molar-refractivity contribution in [1.29, 1.82) is 0 Å². The maximum atomic E-state index is 12.0. The molecule has 2 unspecified atom stereocenters. The second-order valence-electron chi connectivity index (χ2n) is 4.53. The van der Waals surface area contributed by atoms with E-state index in [2.05, 4.69) is 22.9 Å². The molecule has 2 aliphatic carbocycles. The molecule has 0 radical (unpaired) electrons. The summed E-state index contributed by atoms with van der Waals surface area (Å²) in [5.41, 5.74) is 0. The van der Waals surface area contributed by atoms with Gasteiger partial charge in [-0.15, -0.1) is 0 Å². The van der Waals surface area contributed by atoms with Crippen molar-refractivity contribution in [2.75, 3.05) is 18.4 Å². The number of amides is 1. The first kappa shape index (κ1) is 10.5. The smallest absolute Gasteiger partial charge is 0.225 e. The number of alkyl halides is 1. The first-order chi connectivity index (χ1) is 6.76. The van der Waals surface area contributed by atoms with E-state index in [0.717, 1.165) is 30.3 Å². The van der Waals surface area contributed by atoms with E-state index in [1.165, 1.54) is 19.3 Å². The molecular weight excluding hydrogens is 242 g/mol. The monoisotopic (exact) mass is 259 g/mol. The van der Waals surface area contributed by atoms with Crippen molar-refractivity contribution in [3.05, 3.63) is 0 Å². The summed E-state index contributed by atoms with van der Waals surface area (Å²) in [6.07, 6.45) is 3.74. The van der Waals surface area contributed by atoms with E-state index in [1.807, 2.05) is 4.90 Å². The zero-order valence-corrected chi connectivity index (χ0v) is 10.3. The Kier molecular flexibility index (Phi) is 3.15. The summed E-state index contributed by atoms with van der Waals surface area (Å²) in [5.74, 6) is 2.58. The lowest BCUT2D eigenvalue weighted by Crippen LogP contribution is -2.36. The summed E-state index contributed by atoms with van der Waals surface area (Å²) in [6.45, 7) is 3.79. The Morgan fingerprint density at radius 2 is 2.00 bits per heavy atom. The molecule has 2 nitrogen and oxygen atoms in total. The van der Waals surface area contributed by atoms with Gasteiger partial charge in [-0.25, -0.2) is 0 Å². The van der Waals surface area contributed by atoms with Gasteiger partial charge < -0.3 is 4.90 Å². The molecule has 80 valence electrons. The number of fused-ring (bicyclic) bond motifs is 1. The molecule has 0 aromatic rings. The van der Waals surface area contributed by atoms with Gasteiger partial charge in [0, 0.05) is 24.3 Å². The fourth-order valence-electron chi connectivity index (χ4n) is 2.70. The minimum absolute atomic E-state index is 0.359. The fraction of sp³-hybridized carbons (Fsp3) is 0.909. The van der Waals surface area contributed by atoms with Crippen molar-refractivity contribution in [3.63, 3.8) is 0 Å². The Morgan fingerprint density at radius 1 is 1.36 bits per heavy atom. The number of hydrogen-bond acceptors (Lipinski definition) is 1. The Hall–Kier alpha value is -0.0500. The van der Waals surface area contributed by atoms with E-state index < -0.39 is 0 Å². The third-order valence-corrected chi connectivity index (χ3v) is 4.00. The first-order valence-corrected chi connectivity index (χ1v) is 6.73. The van der Waals surface area contributed by atoms with Crippen LogP contribution in [0.25, 0.3) is 0 Å². The lowest BCUT2D eigenvalue weighted by Gasteiger charge is -2.24. The van der Waals surface area contributed by atoms with Crippen LogP contribution in [0, 0.1) is 17.8 Å². The molecule has 0 N–H and O–H groups in total. The van der Waals surface area contributed by atoms with E-state index in [4.69, 9.17) is 0 Å². The summed E-state index contributed by atoms with van der Waals surface area (Å²) < 4.78 is 0. The molecule has 0 aliphatic heterocycles. The van der Waals surface area contributed by atoms with Gasteiger partial charge in [-0.05, 0) is 38.0 Å². The van der Waals surface area contributed by atoms with Crippen molar-refractivity contribution in [2.24, 2.45) is 17.8 Å². The highest BCUT2D eigenvalue weighted by Gasteiger charge is 2.48. The average molecular weight is 260 g/mol. The summed E-state index contributed by atoms with van der Waals surface area (Å²) in [7, 11) is 0. The predicted octanol–water partition coefficient (Wildman–Crippen LogP) is 2.28. The molecule has 0 bridgehead atoms. The van der Waals surface area contributed by atoms with Crippen LogP contribution in [0.1, 0.15) is 26.2 Å². The normalized spacial score (nSPS) is 34.0. The van der Waals surface area contributed by atoms with E-state index >= 15 is 0 Å². The molecule has 2 rings (SSSR count). The van der Waals surface area contributed by atoms with Gasteiger partial charge in [-0.1, -0.05) is 15.9 Å². The lowest BCUT2D eigenvalue weighted by atomic mass is 10.0. The van der Waals surface area contributed by atoms with Crippen LogP contribution in [0.3, 0.4) is 0 Å². The molecule has 3 heteroatoms. The third-order valence-electron chi connectivity index (χ3n) is 3.64. The predicted molar refractivity (Wildman–Crippen MR) is 60.4 cm³/mol. The standard InChI is InChI=1S/C11H18BrNO/c1-2-13(4-3-12)11(14)10-6-8-5-9(8)7-10/h8-10H,2-7H2,1H3. The molecule has 14 heavy (non-hydrogen) atoms. The molecule has 1 amide bonds. The Balaban J connectivity index is 1.86. The summed E-state index contributed by atoms with van der Waals surface area (Å²) in [6, 6.07) is 0. The van der Waals surface area contributed by atoms with Gasteiger partial charge >= 0.3 is 0 Å². The number of carbonyl (C=O) groups excluding carboxylic acids is 1. The van der Waals surface area contributed by atoms with Gasteiger partial charge in [-0.3, -0.25) is 4.79 Å². The number of nitrogens with zero attached hydrogens (tertiary/aromatic N) is 1. The van der Waals surface area contributed by atoms with Gasteiger partial charge in [0.25, 0.3) is 0 Å². The SMILES string of the molecule is CCN(CCBr)C(=O)C1CC2CC2C1. The van der Waals surface area contributed by atoms with Crippen molar-refractivity contribution in [1.82, 2.24) is 4.90 Å². The quantitative estimate of drug-likeness (QED) is 0.710. The van der Waals surface area contributed by atoms with E-state index in [-0.39, 0.29) is 0 Å². The highest BCUT2D eigenvalue weighted by molar-refractivity contribution is 9.09. The molecule has 0 spiro atoms. The van der Waals surface area contributed by atoms with Gasteiger partial charge in [-0.2, -0.15) is 0 Å². The Bertz CT molecular complexity index is 217. The van der Waals surface area contributed by atoms with Crippen LogP contribution in [0.15, 0.2) is 0 Å². The molecular formula is C11H18BrNO. The molecule has 2 aliphatic rings. The van der Waals surface area contributed by atoms with Crippen LogP contribution in [0.5, 0.6) is 0 Å². The highest BCUT2D eigenvalue weighted by Crippen LogP contribution is 2.54. The largest absolute Gasteiger partial charge is 0.342 e. The number of halogens is 1. The topological polar surface area (TPSA) is 20.3 Å². The van der Waals surface area contributed by atoms with E-state index in [1.54, 1.807) is 0 Å². The van der Waals surface area contributed by atoms with E-state index in [9.17, 15) is 4.79 Å². The average Bonchev–Trinajstić information content (AvgIpc) is 2.81. The molecule has 2 atom stereocenters. The number of hydrogen-bond donors (Lipinski definition) is 0. The van der Waals surface area contributed by atoms with Crippen LogP contribution in [0.2, 0.25) is 0 Å². The van der Waals surface area contributed by atoms with Gasteiger partial charge in [0.1, 0.15) is 0 Å². The van der Waals surface area contributed by atoms with Gasteiger partial charge in [0.05, 0.1) is 0 Å². The van der Waals surface area contributed by atoms with Crippen LogP contribution < -0.4 is 0 Å². The second-order valence-corrected chi connectivity index (χ2v) is 5.32. The molecule has 2 fully saturated rings. The van der Waals surface area contributed by atoms with Crippen LogP contribution in [0.4, 0.5) is 0 Å². The summed E-state index contributed by atoms with van der Waals surface area (Å²) in [4.78, 5) is 14.0. The minimum Gasteiger partial charge on any atom is -0.342 e. The minimum atomic E-state index is 0.359. The van der Waals surface area contributed by atoms with Gasteiger partial charge in [0.2, 0.25) is 5.91 Å². The number of rotatable bonds is 4. The summed E-state index contributed by atoms with van der Waals surface area (Å²) in [5, 5.41) is 0.895. The Labute approximate surface area is 94.2 Å². The van der Waals surface area contributed by atoms with Crippen LogP contribution in [-0.2, 0) is 4.79 Å². The van der Waals surface area contributed by atoms with Crippen molar-refractivity contribution in [2.45, 2.75) is 26.2 Å². The zero-order chi connectivity index (χ0) is 10.1. The Morgan fingerprint density at radius 3 is 2.50 bits per heavy atom. The lowest BCUT2D eigenvalue weighted by molar-refractivity contribution is -0.135. The molecule has 2 saturated carbocycles. The summed E-state index contributed by atoms with van der Waals surface area (Å²) >= 11 is 3.39. The third kappa shape index (κ3) is 1.97. The maximum Gasteiger partial charge on any atom is 0.225 e. The van der Waals surface area contributed by atoms with Gasteiger partial charge in [0.15, 0.2) is 0 Å². The molecule has 0 aromatic carbocycles. The second kappa shape index (κ2) is 4.21. The van der Waals surface area contributed by atoms with Crippen LogP contribution >= 0.6 is 15.9 Å². The van der Waals surface area contributed by atoms with Crippen molar-refractivity contribution < 1.29 is 4.79 Å². The highest BCUT2D eigenvalue weighted by atomic mass is 79.9.